The number of carbonyl (C=O) groups excluding carboxylic acids is 1. The number of nitrogens with zero attached hydrogens (tertiary/aromatic N) is 1. The van der Waals surface area contributed by atoms with Crippen molar-refractivity contribution in [2.24, 2.45) is 5.73 Å². The normalized spacial score (nSPS) is 14.7. The molecule has 0 spiro atoms. The molecule has 0 bridgehead atoms. The third-order valence-electron chi connectivity index (χ3n) is 7.21. The van der Waals surface area contributed by atoms with Gasteiger partial charge in [0.15, 0.2) is 0 Å². The number of rotatable bonds is 6. The van der Waals surface area contributed by atoms with E-state index >= 15 is 0 Å². The fourth-order valence-corrected chi connectivity index (χ4v) is 5.63. The predicted octanol–water partition coefficient (Wildman–Crippen LogP) is 7.10. The average Bonchev–Trinajstić information content (AvgIpc) is 2.83. The van der Waals surface area contributed by atoms with Gasteiger partial charge in [0.05, 0.1) is 21.3 Å². The first-order valence-corrected chi connectivity index (χ1v) is 13.1. The van der Waals surface area contributed by atoms with Gasteiger partial charge in [-0.2, -0.15) is 0 Å². The molecule has 0 aromatic heterocycles. The molecule has 0 fully saturated rings. The van der Waals surface area contributed by atoms with E-state index < -0.39 is 17.4 Å². The van der Waals surface area contributed by atoms with Gasteiger partial charge in [0.1, 0.15) is 5.54 Å². The molecule has 8 heteroatoms. The second-order valence-corrected chi connectivity index (χ2v) is 11.7. The van der Waals surface area contributed by atoms with Crippen LogP contribution in [0, 0.1) is 6.92 Å². The maximum absolute atomic E-state index is 13.7. The van der Waals surface area contributed by atoms with Crippen LogP contribution in [-0.2, 0) is 28.6 Å². The summed E-state index contributed by atoms with van der Waals surface area (Å²) in [6.45, 7) is 8.77. The number of nitrogens with two attached hydrogens (primary N) is 1. The quantitative estimate of drug-likeness (QED) is 0.328. The molecule has 3 aromatic rings. The molecular weight excluding hydrogens is 543 g/mol. The summed E-state index contributed by atoms with van der Waals surface area (Å²) < 4.78 is 0. The van der Waals surface area contributed by atoms with E-state index in [0.29, 0.717) is 34.3 Å². The fourth-order valence-electron chi connectivity index (χ4n) is 5.33. The Hall–Kier alpha value is -2.73. The number of benzene rings is 3. The highest BCUT2D eigenvalue weighted by molar-refractivity contribution is 6.42. The molecule has 3 aromatic carbocycles. The number of carbonyl (C=O) groups is 2. The summed E-state index contributed by atoms with van der Waals surface area (Å²) in [5.74, 6) is -1.63. The summed E-state index contributed by atoms with van der Waals surface area (Å²) in [6.07, 6.45) is 1.69. The molecule has 38 heavy (non-hydrogen) atoms. The van der Waals surface area contributed by atoms with Crippen molar-refractivity contribution in [3.8, 4) is 0 Å². The highest BCUT2D eigenvalue weighted by atomic mass is 35.5. The van der Waals surface area contributed by atoms with E-state index in [0.717, 1.165) is 23.1 Å². The van der Waals surface area contributed by atoms with Crippen molar-refractivity contribution in [1.29, 1.82) is 0 Å². The summed E-state index contributed by atoms with van der Waals surface area (Å²) >= 11 is 12.7. The number of aromatic carboxylic acids is 1. The third-order valence-corrected chi connectivity index (χ3v) is 7.95. The van der Waals surface area contributed by atoms with Crippen LogP contribution in [-0.4, -0.2) is 23.5 Å². The first kappa shape index (κ1) is 29.8. The summed E-state index contributed by atoms with van der Waals surface area (Å²) in [4.78, 5) is 28.0. The van der Waals surface area contributed by atoms with Crippen molar-refractivity contribution in [3.63, 3.8) is 0 Å². The number of fused-ring (bicyclic) bond motifs is 1. The first-order chi connectivity index (χ1) is 17.3. The van der Waals surface area contributed by atoms with Gasteiger partial charge >= 0.3 is 5.97 Å². The Balaban J connectivity index is 0.00000400. The number of halogens is 3. The van der Waals surface area contributed by atoms with Crippen molar-refractivity contribution < 1.29 is 14.7 Å². The van der Waals surface area contributed by atoms with Crippen LogP contribution in [0.15, 0.2) is 54.6 Å². The molecule has 3 N–H and O–H groups in total. The second kappa shape index (κ2) is 11.2. The molecule has 0 radical (unpaired) electrons. The number of carboxylic acid groups (broad SMARTS) is 1. The molecule has 1 unspecified atom stereocenters. The Morgan fingerprint density at radius 2 is 1.61 bits per heavy atom. The minimum absolute atomic E-state index is 0. The molecule has 1 amide bonds. The van der Waals surface area contributed by atoms with Gasteiger partial charge in [-0.05, 0) is 71.2 Å². The zero-order chi connectivity index (χ0) is 27.1. The smallest absolute Gasteiger partial charge is 0.337 e. The van der Waals surface area contributed by atoms with Gasteiger partial charge in [-0.1, -0.05) is 80.4 Å². The molecule has 1 aliphatic heterocycles. The monoisotopic (exact) mass is 574 g/mol. The number of hydrogen-bond acceptors (Lipinski definition) is 3. The second-order valence-electron chi connectivity index (χ2n) is 10.9. The Kier molecular flexibility index (Phi) is 8.77. The van der Waals surface area contributed by atoms with Gasteiger partial charge in [0, 0.05) is 13.0 Å². The van der Waals surface area contributed by atoms with Crippen LogP contribution in [0.3, 0.4) is 0 Å². The number of anilines is 1. The maximum Gasteiger partial charge on any atom is 0.337 e. The van der Waals surface area contributed by atoms with E-state index in [1.807, 2.05) is 30.0 Å². The molecule has 0 saturated carbocycles. The van der Waals surface area contributed by atoms with Crippen LogP contribution in [0.2, 0.25) is 10.0 Å². The number of carboxylic acids is 1. The van der Waals surface area contributed by atoms with Crippen LogP contribution >= 0.6 is 35.6 Å². The largest absolute Gasteiger partial charge is 0.478 e. The van der Waals surface area contributed by atoms with Gasteiger partial charge in [0.25, 0.3) is 0 Å². The van der Waals surface area contributed by atoms with Crippen LogP contribution in [0.1, 0.15) is 65.4 Å². The van der Waals surface area contributed by atoms with Crippen molar-refractivity contribution >= 4 is 53.2 Å². The van der Waals surface area contributed by atoms with E-state index in [1.54, 1.807) is 24.3 Å². The summed E-state index contributed by atoms with van der Waals surface area (Å²) in [5, 5.41) is 10.8. The van der Waals surface area contributed by atoms with E-state index in [2.05, 4.69) is 32.9 Å². The van der Waals surface area contributed by atoms with Crippen molar-refractivity contribution in [1.82, 2.24) is 0 Å². The van der Waals surface area contributed by atoms with E-state index in [1.165, 1.54) is 5.56 Å². The highest BCUT2D eigenvalue weighted by Crippen LogP contribution is 2.44. The molecule has 0 saturated heterocycles. The number of amides is 1. The van der Waals surface area contributed by atoms with E-state index in [9.17, 15) is 14.7 Å². The van der Waals surface area contributed by atoms with Gasteiger partial charge in [0.2, 0.25) is 5.91 Å². The molecule has 4 rings (SSSR count). The van der Waals surface area contributed by atoms with Crippen LogP contribution in [0.4, 0.5) is 5.69 Å². The molecule has 1 atom stereocenters. The van der Waals surface area contributed by atoms with E-state index in [4.69, 9.17) is 28.9 Å². The van der Waals surface area contributed by atoms with Crippen molar-refractivity contribution in [2.75, 3.05) is 11.4 Å². The lowest BCUT2D eigenvalue weighted by Crippen LogP contribution is -2.58. The lowest BCUT2D eigenvalue weighted by Gasteiger charge is -2.47. The molecule has 0 aliphatic carbocycles. The lowest BCUT2D eigenvalue weighted by molar-refractivity contribution is -0.123. The maximum atomic E-state index is 13.7. The van der Waals surface area contributed by atoms with Crippen LogP contribution in [0.25, 0.3) is 0 Å². The third kappa shape index (κ3) is 5.51. The van der Waals surface area contributed by atoms with Crippen LogP contribution < -0.4 is 10.6 Å². The Morgan fingerprint density at radius 3 is 2.16 bits per heavy atom. The van der Waals surface area contributed by atoms with Gasteiger partial charge < -0.3 is 15.7 Å². The minimum atomic E-state index is -1.40. The standard InChI is InChI=1S/C30H32Cl2N2O3.ClH/c1-18-14-20-6-5-13-34(26(20)23(15-18)27(35)36)30(28(33)37,22-11-12-24(31)25(32)16-22)17-19-7-9-21(10-8-19)29(2,3)4;/h7-12,14-16H,5-6,13,17H2,1-4H3,(H2,33,37)(H,35,36);1H. The Labute approximate surface area is 240 Å². The highest BCUT2D eigenvalue weighted by Gasteiger charge is 2.47. The van der Waals surface area contributed by atoms with Gasteiger partial charge in [-0.25, -0.2) is 4.79 Å². The fraction of sp³-hybridized carbons (Fsp3) is 0.333. The Morgan fingerprint density at radius 1 is 0.974 bits per heavy atom. The molecular formula is C30H33Cl3N2O3. The zero-order valence-electron chi connectivity index (χ0n) is 22.0. The van der Waals surface area contributed by atoms with E-state index in [-0.39, 0.29) is 29.8 Å². The zero-order valence-corrected chi connectivity index (χ0v) is 24.3. The number of primary amides is 1. The van der Waals surface area contributed by atoms with Gasteiger partial charge in [-0.15, -0.1) is 12.4 Å². The van der Waals surface area contributed by atoms with Crippen molar-refractivity contribution in [3.05, 3.63) is 98.0 Å². The van der Waals surface area contributed by atoms with Gasteiger partial charge in [-0.3, -0.25) is 4.79 Å². The molecule has 5 nitrogen and oxygen atoms in total. The number of hydrogen-bond donors (Lipinski definition) is 2. The molecule has 1 heterocycles. The van der Waals surface area contributed by atoms with Crippen molar-refractivity contribution in [2.45, 2.75) is 57.9 Å². The summed E-state index contributed by atoms with van der Waals surface area (Å²) in [7, 11) is 0. The van der Waals surface area contributed by atoms with Crippen LogP contribution in [0.5, 0.6) is 0 Å². The first-order valence-electron chi connectivity index (χ1n) is 12.3. The topological polar surface area (TPSA) is 83.6 Å². The molecule has 202 valence electrons. The minimum Gasteiger partial charge on any atom is -0.478 e. The number of aryl methyl sites for hydroxylation is 2. The predicted molar refractivity (Wildman–Crippen MR) is 157 cm³/mol. The summed E-state index contributed by atoms with van der Waals surface area (Å²) in [5.41, 5.74) is 9.92. The molecule has 1 aliphatic rings. The SMILES string of the molecule is Cc1cc2c(c(C(=O)O)c1)N(C(Cc1ccc(C(C)(C)C)cc1)(C(N)=O)c1ccc(Cl)c(Cl)c1)CCC2.Cl. The Bertz CT molecular complexity index is 1370. The lowest BCUT2D eigenvalue weighted by atomic mass is 9.78. The average molecular weight is 576 g/mol. The summed E-state index contributed by atoms with van der Waals surface area (Å²) in [6, 6.07) is 16.9.